The number of ketones is 1. The van der Waals surface area contributed by atoms with Gasteiger partial charge in [0.2, 0.25) is 0 Å². The first-order valence-corrected chi connectivity index (χ1v) is 12.2. The number of carboxylic acid groups (broad SMARTS) is 1. The van der Waals surface area contributed by atoms with Gasteiger partial charge in [0, 0.05) is 23.1 Å². The van der Waals surface area contributed by atoms with Crippen LogP contribution in [-0.4, -0.2) is 40.8 Å². The van der Waals surface area contributed by atoms with Crippen LogP contribution in [0.2, 0.25) is 0 Å². The summed E-state index contributed by atoms with van der Waals surface area (Å²) in [5.41, 5.74) is 2.32. The van der Waals surface area contributed by atoms with Crippen LogP contribution >= 0.6 is 11.7 Å². The number of carbonyl (C=O) groups is 2. The normalized spacial score (nSPS) is 11.5. The second-order valence-electron chi connectivity index (χ2n) is 8.49. The number of ether oxygens (including phenoxy) is 3. The predicted octanol–water partition coefficient (Wildman–Crippen LogP) is 1.13. The van der Waals surface area contributed by atoms with E-state index in [2.05, 4.69) is 8.75 Å². The molecule has 8 nitrogen and oxygen atoms in total. The second kappa shape index (κ2) is 13.0. The Kier molecular flexibility index (Phi) is 10.0. The predicted molar refractivity (Wildman–Crippen MR) is 139 cm³/mol. The van der Waals surface area contributed by atoms with Gasteiger partial charge in [-0.2, -0.15) is 8.75 Å². The van der Waals surface area contributed by atoms with E-state index in [4.69, 9.17) is 14.2 Å². The Labute approximate surface area is 246 Å². The number of carboxylic acids is 1. The van der Waals surface area contributed by atoms with Gasteiger partial charge < -0.3 is 24.1 Å². The van der Waals surface area contributed by atoms with E-state index in [-0.39, 0.29) is 53.2 Å². The van der Waals surface area contributed by atoms with Crippen LogP contribution in [0.15, 0.2) is 66.2 Å². The molecule has 190 valence electrons. The molecule has 0 N–H and O–H groups in total. The first kappa shape index (κ1) is 29.3. The third kappa shape index (κ3) is 6.60. The smallest absolute Gasteiger partial charge is 0.545 e. The zero-order valence-corrected chi connectivity index (χ0v) is 24.6. The van der Waals surface area contributed by atoms with Crippen molar-refractivity contribution < 1.29 is 58.5 Å². The number of hydrogen-bond acceptors (Lipinski definition) is 9. The third-order valence-corrected chi connectivity index (χ3v) is 6.20. The molecular formula is C28H25N2NaO6S. The van der Waals surface area contributed by atoms with Crippen LogP contribution in [0.1, 0.15) is 35.3 Å². The van der Waals surface area contributed by atoms with E-state index in [1.54, 1.807) is 60.7 Å². The van der Waals surface area contributed by atoms with Gasteiger partial charge in [-0.25, -0.2) is 0 Å². The Bertz CT molecular complexity index is 1480. The Morgan fingerprint density at radius 3 is 2.16 bits per heavy atom. The van der Waals surface area contributed by atoms with Crippen LogP contribution in [0.4, 0.5) is 0 Å². The molecule has 0 aliphatic rings. The van der Waals surface area contributed by atoms with Gasteiger partial charge >= 0.3 is 29.6 Å². The van der Waals surface area contributed by atoms with Crippen molar-refractivity contribution in [3.05, 3.63) is 82.9 Å². The first-order chi connectivity index (χ1) is 17.8. The number of aromatic nitrogens is 2. The Morgan fingerprint density at radius 2 is 1.53 bits per heavy atom. The fourth-order valence-corrected chi connectivity index (χ4v) is 4.48. The van der Waals surface area contributed by atoms with Crippen molar-refractivity contribution in [3.8, 4) is 17.2 Å². The number of aliphatic carboxylic acids is 1. The molecule has 4 rings (SSSR count). The number of methoxy groups -OCH3 is 2. The van der Waals surface area contributed by atoms with Gasteiger partial charge in [0.1, 0.15) is 16.8 Å². The minimum Gasteiger partial charge on any atom is -0.545 e. The molecule has 0 radical (unpaired) electrons. The van der Waals surface area contributed by atoms with Crippen LogP contribution in [-0.2, 0) is 11.2 Å². The summed E-state index contributed by atoms with van der Waals surface area (Å²) in [5.74, 6) is -0.316. The third-order valence-electron chi connectivity index (χ3n) is 5.64. The summed E-state index contributed by atoms with van der Waals surface area (Å²) in [7, 11) is 3.03. The minimum atomic E-state index is -1.47. The largest absolute Gasteiger partial charge is 1.00 e. The molecule has 3 aromatic carbocycles. The van der Waals surface area contributed by atoms with E-state index >= 15 is 0 Å². The number of rotatable bonds is 10. The number of fused-ring (bicyclic) bond motifs is 1. The van der Waals surface area contributed by atoms with Gasteiger partial charge in [-0.1, -0.05) is 12.1 Å². The Morgan fingerprint density at radius 1 is 0.868 bits per heavy atom. The molecule has 0 atom stereocenters. The summed E-state index contributed by atoms with van der Waals surface area (Å²) >= 11 is 1.03. The summed E-state index contributed by atoms with van der Waals surface area (Å²) in [6, 6.07) is 16.7. The number of allylic oxidation sites excluding steroid dienone is 1. The quantitative estimate of drug-likeness (QED) is 0.167. The molecule has 0 aliphatic heterocycles. The van der Waals surface area contributed by atoms with Crippen LogP contribution in [0, 0.1) is 0 Å². The number of Topliss-reactive ketones (excluding diaryl/α,β-unsaturated/α-hetero) is 1. The van der Waals surface area contributed by atoms with E-state index in [1.165, 1.54) is 14.2 Å². The van der Waals surface area contributed by atoms with E-state index in [9.17, 15) is 14.7 Å². The first-order valence-electron chi connectivity index (χ1n) is 11.5. The summed E-state index contributed by atoms with van der Waals surface area (Å²) < 4.78 is 24.8. The van der Waals surface area contributed by atoms with Crippen molar-refractivity contribution in [3.63, 3.8) is 0 Å². The van der Waals surface area contributed by atoms with Crippen LogP contribution < -0.4 is 48.9 Å². The van der Waals surface area contributed by atoms with E-state index < -0.39 is 11.8 Å². The molecule has 0 spiro atoms. The van der Waals surface area contributed by atoms with Gasteiger partial charge in [-0.3, -0.25) is 4.79 Å². The summed E-state index contributed by atoms with van der Waals surface area (Å²) in [6.45, 7) is 3.81. The standard InChI is InChI=1S/C28H26N2O6S.Na/c1-16(2)36-20-9-6-18(7-10-20)27(31)21(13-17-5-12-24(34-3)25(14-17)35-4)26(28(32)33)19-8-11-22-23(15-19)30-37-29-22;/h5-12,14-16H,13H2,1-4H3,(H,32,33);/q;+1/p-1. The maximum atomic E-state index is 13.8. The van der Waals surface area contributed by atoms with E-state index in [0.29, 0.717) is 45.0 Å². The molecule has 0 amide bonds. The minimum absolute atomic E-state index is 0. The number of carbonyl (C=O) groups excluding carboxylic acids is 2. The summed E-state index contributed by atoms with van der Waals surface area (Å²) in [4.78, 5) is 26.3. The van der Waals surface area contributed by atoms with Crippen molar-refractivity contribution in [2.24, 2.45) is 0 Å². The van der Waals surface area contributed by atoms with E-state index in [1.807, 2.05) is 13.8 Å². The fraction of sp³-hybridized carbons (Fsp3) is 0.214. The van der Waals surface area contributed by atoms with Gasteiger partial charge in [0.15, 0.2) is 17.3 Å². The number of benzene rings is 3. The topological polar surface area (TPSA) is 111 Å². The monoisotopic (exact) mass is 540 g/mol. The molecule has 0 fully saturated rings. The molecule has 0 unspecified atom stereocenters. The second-order valence-corrected chi connectivity index (χ2v) is 9.02. The van der Waals surface area contributed by atoms with Gasteiger partial charge in [-0.05, 0) is 73.5 Å². The zero-order valence-electron chi connectivity index (χ0n) is 21.8. The average Bonchev–Trinajstić information content (AvgIpc) is 3.36. The molecule has 0 saturated carbocycles. The van der Waals surface area contributed by atoms with Crippen molar-refractivity contribution in [2.45, 2.75) is 26.4 Å². The van der Waals surface area contributed by atoms with Gasteiger partial charge in [0.05, 0.1) is 38.0 Å². The Hall–Kier alpha value is -3.24. The maximum absolute atomic E-state index is 13.8. The van der Waals surface area contributed by atoms with Crippen molar-refractivity contribution in [2.75, 3.05) is 14.2 Å². The number of hydrogen-bond donors (Lipinski definition) is 0. The summed E-state index contributed by atoms with van der Waals surface area (Å²) in [5, 5.41) is 12.5. The molecule has 4 aromatic rings. The van der Waals surface area contributed by atoms with Crippen LogP contribution in [0.25, 0.3) is 16.6 Å². The molecule has 10 heteroatoms. The molecule has 1 aromatic heterocycles. The molecule has 1 heterocycles. The van der Waals surface area contributed by atoms with Gasteiger partial charge in [-0.15, -0.1) is 0 Å². The molecule has 38 heavy (non-hydrogen) atoms. The van der Waals surface area contributed by atoms with Crippen molar-refractivity contribution in [1.29, 1.82) is 0 Å². The zero-order chi connectivity index (χ0) is 26.5. The summed E-state index contributed by atoms with van der Waals surface area (Å²) in [6.07, 6.45) is -0.0121. The van der Waals surface area contributed by atoms with Crippen molar-refractivity contribution in [1.82, 2.24) is 8.75 Å². The van der Waals surface area contributed by atoms with Crippen LogP contribution in [0.3, 0.4) is 0 Å². The molecule has 0 bridgehead atoms. The van der Waals surface area contributed by atoms with E-state index in [0.717, 1.165) is 11.7 Å². The van der Waals surface area contributed by atoms with Crippen molar-refractivity contribution >= 4 is 40.1 Å². The Balaban J connectivity index is 0.00000400. The molecule has 0 aliphatic carbocycles. The fourth-order valence-electron chi connectivity index (χ4n) is 3.96. The SMILES string of the molecule is COc1ccc(CC(C(=O)c2ccc(OC(C)C)cc2)=C(C(=O)[O-])c2ccc3nsnc3c2)cc1OC.[Na+]. The number of nitrogens with zero attached hydrogens (tertiary/aromatic N) is 2. The van der Waals surface area contributed by atoms with Crippen LogP contribution in [0.5, 0.6) is 17.2 Å². The average molecular weight is 541 g/mol. The molecule has 0 saturated heterocycles. The maximum Gasteiger partial charge on any atom is 1.00 e. The van der Waals surface area contributed by atoms with Gasteiger partial charge in [0.25, 0.3) is 0 Å². The molecular weight excluding hydrogens is 515 g/mol.